The number of allylic oxidation sites excluding steroid dienone is 2. The maximum atomic E-state index is 10.5. The lowest BCUT2D eigenvalue weighted by atomic mass is 10.2. The fourth-order valence-electron chi connectivity index (χ4n) is 1.32. The summed E-state index contributed by atoms with van der Waals surface area (Å²) in [5.41, 5.74) is 2.65. The van der Waals surface area contributed by atoms with Gasteiger partial charge in [-0.1, -0.05) is 6.08 Å². The standard InChI is InChI=1S/C9H6BrNO/c10-8-3-6-1-2-7(5-12)9(6)11-4-8/h2-5H,1H2. The van der Waals surface area contributed by atoms with Crippen LogP contribution in [-0.4, -0.2) is 11.3 Å². The molecule has 1 aromatic heterocycles. The number of carbonyl (C=O) groups excluding carboxylic acids is 1. The van der Waals surface area contributed by atoms with Crippen molar-refractivity contribution < 1.29 is 4.79 Å². The number of nitrogens with zero attached hydrogens (tertiary/aromatic N) is 1. The maximum Gasteiger partial charge on any atom is 0.151 e. The molecule has 0 spiro atoms. The Labute approximate surface area is 78.4 Å². The van der Waals surface area contributed by atoms with Crippen LogP contribution in [0.25, 0.3) is 5.57 Å². The number of aldehydes is 1. The van der Waals surface area contributed by atoms with E-state index in [0.717, 1.165) is 28.4 Å². The monoisotopic (exact) mass is 223 g/mol. The SMILES string of the molecule is O=CC1=CCc2cc(Br)cnc21. The number of hydrogen-bond donors (Lipinski definition) is 0. The molecule has 2 nitrogen and oxygen atoms in total. The molecule has 60 valence electrons. The Morgan fingerprint density at radius 2 is 2.42 bits per heavy atom. The van der Waals surface area contributed by atoms with Crippen LogP contribution < -0.4 is 0 Å². The van der Waals surface area contributed by atoms with E-state index in [1.54, 1.807) is 6.20 Å². The number of aromatic nitrogens is 1. The Morgan fingerprint density at radius 3 is 3.17 bits per heavy atom. The van der Waals surface area contributed by atoms with E-state index in [-0.39, 0.29) is 0 Å². The first-order chi connectivity index (χ1) is 5.81. The van der Waals surface area contributed by atoms with Gasteiger partial charge in [-0.05, 0) is 34.0 Å². The molecule has 0 aromatic carbocycles. The summed E-state index contributed by atoms with van der Waals surface area (Å²) >= 11 is 3.33. The second-order valence-corrected chi connectivity index (χ2v) is 3.56. The lowest BCUT2D eigenvalue weighted by molar-refractivity contribution is -0.103. The zero-order chi connectivity index (χ0) is 8.55. The summed E-state index contributed by atoms with van der Waals surface area (Å²) in [4.78, 5) is 14.7. The van der Waals surface area contributed by atoms with Crippen molar-refractivity contribution in [2.45, 2.75) is 6.42 Å². The first kappa shape index (κ1) is 7.68. The highest BCUT2D eigenvalue weighted by molar-refractivity contribution is 9.10. The normalized spacial score (nSPS) is 13.9. The van der Waals surface area contributed by atoms with Crippen LogP contribution in [0.3, 0.4) is 0 Å². The summed E-state index contributed by atoms with van der Waals surface area (Å²) < 4.78 is 0.960. The first-order valence-electron chi connectivity index (χ1n) is 3.61. The van der Waals surface area contributed by atoms with Gasteiger partial charge in [0.05, 0.1) is 5.69 Å². The molecule has 3 heteroatoms. The van der Waals surface area contributed by atoms with Gasteiger partial charge in [-0.2, -0.15) is 0 Å². The van der Waals surface area contributed by atoms with Gasteiger partial charge < -0.3 is 0 Å². The molecule has 1 aliphatic rings. The summed E-state index contributed by atoms with van der Waals surface area (Å²) in [6.07, 6.45) is 5.28. The van der Waals surface area contributed by atoms with Crippen LogP contribution in [0.5, 0.6) is 0 Å². The Bertz CT molecular complexity index is 371. The van der Waals surface area contributed by atoms with E-state index in [9.17, 15) is 4.79 Å². The van der Waals surface area contributed by atoms with Crippen molar-refractivity contribution >= 4 is 27.8 Å². The molecule has 12 heavy (non-hydrogen) atoms. The van der Waals surface area contributed by atoms with Crippen molar-refractivity contribution in [3.8, 4) is 0 Å². The zero-order valence-corrected chi connectivity index (χ0v) is 7.84. The molecule has 0 atom stereocenters. The zero-order valence-electron chi connectivity index (χ0n) is 6.25. The van der Waals surface area contributed by atoms with E-state index in [2.05, 4.69) is 20.9 Å². The molecule has 2 rings (SSSR count). The topological polar surface area (TPSA) is 30.0 Å². The smallest absolute Gasteiger partial charge is 0.151 e. The van der Waals surface area contributed by atoms with Crippen LogP contribution in [-0.2, 0) is 11.2 Å². The highest BCUT2D eigenvalue weighted by Crippen LogP contribution is 2.25. The van der Waals surface area contributed by atoms with Gasteiger partial charge in [0.25, 0.3) is 0 Å². The largest absolute Gasteiger partial charge is 0.298 e. The Hall–Kier alpha value is -0.960. The van der Waals surface area contributed by atoms with Gasteiger partial charge in [0.15, 0.2) is 6.29 Å². The molecule has 0 bridgehead atoms. The molecule has 0 amide bonds. The lowest BCUT2D eigenvalue weighted by Crippen LogP contribution is -1.89. The predicted octanol–water partition coefficient (Wildman–Crippen LogP) is 1.98. The molecule has 0 unspecified atom stereocenters. The molecule has 0 aliphatic heterocycles. The Kier molecular flexibility index (Phi) is 1.81. The fourth-order valence-corrected chi connectivity index (χ4v) is 1.70. The van der Waals surface area contributed by atoms with Crippen molar-refractivity contribution in [3.63, 3.8) is 0 Å². The molecular weight excluding hydrogens is 218 g/mol. The second kappa shape index (κ2) is 2.83. The van der Waals surface area contributed by atoms with Gasteiger partial charge in [0.1, 0.15) is 0 Å². The first-order valence-corrected chi connectivity index (χ1v) is 4.40. The van der Waals surface area contributed by atoms with E-state index in [1.165, 1.54) is 0 Å². The highest BCUT2D eigenvalue weighted by Gasteiger charge is 2.14. The van der Waals surface area contributed by atoms with E-state index < -0.39 is 0 Å². The molecule has 1 aliphatic carbocycles. The van der Waals surface area contributed by atoms with Crippen LogP contribution in [0.2, 0.25) is 0 Å². The summed E-state index contributed by atoms with van der Waals surface area (Å²) in [7, 11) is 0. The molecule has 1 heterocycles. The van der Waals surface area contributed by atoms with Gasteiger partial charge in [0, 0.05) is 16.2 Å². The minimum Gasteiger partial charge on any atom is -0.298 e. The van der Waals surface area contributed by atoms with Crippen molar-refractivity contribution in [2.75, 3.05) is 0 Å². The number of hydrogen-bond acceptors (Lipinski definition) is 2. The second-order valence-electron chi connectivity index (χ2n) is 2.64. The number of carbonyl (C=O) groups is 1. The summed E-state index contributed by atoms with van der Waals surface area (Å²) in [5, 5.41) is 0. The lowest BCUT2D eigenvalue weighted by Gasteiger charge is -1.98. The minimum atomic E-state index is 0.706. The molecule has 0 saturated carbocycles. The van der Waals surface area contributed by atoms with E-state index in [0.29, 0.717) is 5.57 Å². The maximum absolute atomic E-state index is 10.5. The summed E-state index contributed by atoms with van der Waals surface area (Å²) in [6, 6.07) is 2.00. The third kappa shape index (κ3) is 1.10. The van der Waals surface area contributed by atoms with Crippen LogP contribution in [0, 0.1) is 0 Å². The molecule has 0 N–H and O–H groups in total. The quantitative estimate of drug-likeness (QED) is 0.682. The third-order valence-corrected chi connectivity index (χ3v) is 2.31. The van der Waals surface area contributed by atoms with Crippen molar-refractivity contribution in [1.29, 1.82) is 0 Å². The minimum absolute atomic E-state index is 0.706. The third-order valence-electron chi connectivity index (χ3n) is 1.88. The van der Waals surface area contributed by atoms with E-state index in [4.69, 9.17) is 0 Å². The van der Waals surface area contributed by atoms with Gasteiger partial charge in [-0.25, -0.2) is 0 Å². The number of rotatable bonds is 1. The molecule has 0 saturated heterocycles. The highest BCUT2D eigenvalue weighted by atomic mass is 79.9. The predicted molar refractivity (Wildman–Crippen MR) is 49.7 cm³/mol. The molecular formula is C9H6BrNO. The van der Waals surface area contributed by atoms with Gasteiger partial charge in [-0.15, -0.1) is 0 Å². The number of pyridine rings is 1. The van der Waals surface area contributed by atoms with Crippen LogP contribution >= 0.6 is 15.9 Å². The van der Waals surface area contributed by atoms with Crippen molar-refractivity contribution in [2.24, 2.45) is 0 Å². The fraction of sp³-hybridized carbons (Fsp3) is 0.111. The van der Waals surface area contributed by atoms with Crippen molar-refractivity contribution in [3.05, 3.63) is 34.1 Å². The number of fused-ring (bicyclic) bond motifs is 1. The Balaban J connectivity index is 2.54. The van der Waals surface area contributed by atoms with Crippen LogP contribution in [0.15, 0.2) is 22.8 Å². The molecule has 1 aromatic rings. The van der Waals surface area contributed by atoms with E-state index in [1.807, 2.05) is 12.1 Å². The van der Waals surface area contributed by atoms with Crippen molar-refractivity contribution in [1.82, 2.24) is 4.98 Å². The van der Waals surface area contributed by atoms with Gasteiger partial charge >= 0.3 is 0 Å². The summed E-state index contributed by atoms with van der Waals surface area (Å²) in [5.74, 6) is 0. The van der Waals surface area contributed by atoms with Gasteiger partial charge in [-0.3, -0.25) is 9.78 Å². The average molecular weight is 224 g/mol. The van der Waals surface area contributed by atoms with Crippen LogP contribution in [0.1, 0.15) is 11.3 Å². The molecule has 0 radical (unpaired) electrons. The average Bonchev–Trinajstić information content (AvgIpc) is 2.46. The number of halogens is 1. The summed E-state index contributed by atoms with van der Waals surface area (Å²) in [6.45, 7) is 0. The molecule has 0 fully saturated rings. The van der Waals surface area contributed by atoms with E-state index >= 15 is 0 Å². The van der Waals surface area contributed by atoms with Gasteiger partial charge in [0.2, 0.25) is 0 Å². The van der Waals surface area contributed by atoms with Crippen LogP contribution in [0.4, 0.5) is 0 Å². The Morgan fingerprint density at radius 1 is 1.58 bits per heavy atom.